The molecule has 2 atom stereocenters. The van der Waals surface area contributed by atoms with E-state index in [1.165, 1.54) is 5.57 Å². The van der Waals surface area contributed by atoms with Crippen LogP contribution in [-0.2, 0) is 0 Å². The smallest absolute Gasteiger partial charge is 0.0577 e. The summed E-state index contributed by atoms with van der Waals surface area (Å²) in [6.45, 7) is 8.44. The monoisotopic (exact) mass is 154 g/mol. The Kier molecular flexibility index (Phi) is 2.10. The molecule has 1 heteroatoms. The zero-order chi connectivity index (χ0) is 8.65. The first-order chi connectivity index (χ1) is 4.92. The molecule has 0 saturated heterocycles. The van der Waals surface area contributed by atoms with Crippen molar-refractivity contribution in [3.8, 4) is 0 Å². The quantitative estimate of drug-likeness (QED) is 0.575. The number of hydrogen-bond acceptors (Lipinski definition) is 1. The highest BCUT2D eigenvalue weighted by molar-refractivity contribution is 5.17. The molecule has 0 fully saturated rings. The van der Waals surface area contributed by atoms with Gasteiger partial charge in [-0.15, -0.1) is 0 Å². The average Bonchev–Trinajstić information content (AvgIpc) is 2.05. The maximum absolute atomic E-state index is 9.41. The number of aliphatic hydroxyl groups is 1. The third-order valence-corrected chi connectivity index (χ3v) is 2.53. The third-order valence-electron chi connectivity index (χ3n) is 2.53. The van der Waals surface area contributed by atoms with Gasteiger partial charge in [0, 0.05) is 5.92 Å². The molecule has 1 aliphatic rings. The Morgan fingerprint density at radius 3 is 2.36 bits per heavy atom. The number of hydrogen-bond donors (Lipinski definition) is 1. The van der Waals surface area contributed by atoms with Crippen molar-refractivity contribution >= 4 is 0 Å². The molecular weight excluding hydrogens is 136 g/mol. The Morgan fingerprint density at radius 1 is 1.64 bits per heavy atom. The fraction of sp³-hybridized carbons (Fsp3) is 0.800. The van der Waals surface area contributed by atoms with Gasteiger partial charge in [-0.2, -0.15) is 0 Å². The van der Waals surface area contributed by atoms with Gasteiger partial charge in [0.15, 0.2) is 0 Å². The summed E-state index contributed by atoms with van der Waals surface area (Å²) in [7, 11) is 0. The zero-order valence-corrected chi connectivity index (χ0v) is 7.89. The Hall–Kier alpha value is -0.300. The topological polar surface area (TPSA) is 20.2 Å². The van der Waals surface area contributed by atoms with Gasteiger partial charge in [-0.25, -0.2) is 0 Å². The van der Waals surface area contributed by atoms with Crippen LogP contribution in [0.3, 0.4) is 0 Å². The second kappa shape index (κ2) is 2.63. The van der Waals surface area contributed by atoms with Crippen molar-refractivity contribution in [1.29, 1.82) is 0 Å². The van der Waals surface area contributed by atoms with Crippen LogP contribution in [0, 0.1) is 11.3 Å². The van der Waals surface area contributed by atoms with E-state index in [1.54, 1.807) is 0 Å². The van der Waals surface area contributed by atoms with Gasteiger partial charge in [0.05, 0.1) is 6.10 Å². The Balaban J connectivity index is 2.72. The van der Waals surface area contributed by atoms with Crippen LogP contribution in [0.1, 0.15) is 34.1 Å². The van der Waals surface area contributed by atoms with Crippen LogP contribution < -0.4 is 0 Å². The lowest BCUT2D eigenvalue weighted by molar-refractivity contribution is 0.132. The van der Waals surface area contributed by atoms with Gasteiger partial charge >= 0.3 is 0 Å². The van der Waals surface area contributed by atoms with Gasteiger partial charge in [-0.1, -0.05) is 25.5 Å². The van der Waals surface area contributed by atoms with Gasteiger partial charge in [-0.3, -0.25) is 0 Å². The summed E-state index contributed by atoms with van der Waals surface area (Å²) in [6.07, 6.45) is 3.19. The molecule has 0 aromatic heterocycles. The lowest BCUT2D eigenvalue weighted by atomic mass is 9.88. The Labute approximate surface area is 69.1 Å². The van der Waals surface area contributed by atoms with Crippen LogP contribution in [0.5, 0.6) is 0 Å². The maximum Gasteiger partial charge on any atom is 0.0577 e. The van der Waals surface area contributed by atoms with Gasteiger partial charge < -0.3 is 5.11 Å². The highest BCUT2D eigenvalue weighted by Crippen LogP contribution is 2.40. The van der Waals surface area contributed by atoms with E-state index < -0.39 is 0 Å². The average molecular weight is 154 g/mol. The zero-order valence-electron chi connectivity index (χ0n) is 7.89. The third kappa shape index (κ3) is 1.84. The Bertz CT molecular complexity index is 177. The molecule has 0 saturated carbocycles. The van der Waals surface area contributed by atoms with E-state index in [4.69, 9.17) is 0 Å². The molecule has 1 rings (SSSR count). The highest BCUT2D eigenvalue weighted by Gasteiger charge is 2.31. The summed E-state index contributed by atoms with van der Waals surface area (Å²) in [6, 6.07) is 0. The molecule has 0 heterocycles. The first-order valence-corrected chi connectivity index (χ1v) is 4.30. The highest BCUT2D eigenvalue weighted by atomic mass is 16.3. The molecular formula is C10H18O. The SMILES string of the molecule is CC1=CC(C)(C)C[C@@H]1[C@H](C)O. The lowest BCUT2D eigenvalue weighted by Gasteiger charge is -2.19. The predicted molar refractivity (Wildman–Crippen MR) is 47.3 cm³/mol. The second-order valence-corrected chi connectivity index (χ2v) is 4.43. The summed E-state index contributed by atoms with van der Waals surface area (Å²) in [5.41, 5.74) is 1.65. The molecule has 0 aromatic rings. The summed E-state index contributed by atoms with van der Waals surface area (Å²) >= 11 is 0. The number of rotatable bonds is 1. The summed E-state index contributed by atoms with van der Waals surface area (Å²) < 4.78 is 0. The predicted octanol–water partition coefficient (Wildman–Crippen LogP) is 2.36. The van der Waals surface area contributed by atoms with E-state index in [-0.39, 0.29) is 6.10 Å². The maximum atomic E-state index is 9.41. The molecule has 0 amide bonds. The van der Waals surface area contributed by atoms with Gasteiger partial charge in [-0.05, 0) is 25.7 Å². The second-order valence-electron chi connectivity index (χ2n) is 4.43. The van der Waals surface area contributed by atoms with Crippen LogP contribution in [0.15, 0.2) is 11.6 Å². The van der Waals surface area contributed by atoms with E-state index in [2.05, 4.69) is 26.8 Å². The standard InChI is InChI=1S/C10H18O/c1-7-5-10(3,4)6-9(7)8(2)11/h5,8-9,11H,6H2,1-4H3/t8-,9-/m0/s1. The van der Waals surface area contributed by atoms with Crippen LogP contribution >= 0.6 is 0 Å². The van der Waals surface area contributed by atoms with Crippen LogP contribution in [0.4, 0.5) is 0 Å². The van der Waals surface area contributed by atoms with Crippen molar-refractivity contribution < 1.29 is 5.11 Å². The van der Waals surface area contributed by atoms with E-state index in [9.17, 15) is 5.11 Å². The molecule has 64 valence electrons. The number of aliphatic hydroxyl groups excluding tert-OH is 1. The van der Waals surface area contributed by atoms with Crippen molar-refractivity contribution in [2.24, 2.45) is 11.3 Å². The molecule has 1 nitrogen and oxygen atoms in total. The Morgan fingerprint density at radius 2 is 2.18 bits per heavy atom. The van der Waals surface area contributed by atoms with E-state index >= 15 is 0 Å². The fourth-order valence-electron chi connectivity index (χ4n) is 2.06. The van der Waals surface area contributed by atoms with E-state index in [0.717, 1.165) is 6.42 Å². The normalized spacial score (nSPS) is 31.7. The summed E-state index contributed by atoms with van der Waals surface area (Å²) in [5, 5.41) is 9.41. The molecule has 0 spiro atoms. The minimum atomic E-state index is -0.187. The first-order valence-electron chi connectivity index (χ1n) is 4.30. The summed E-state index contributed by atoms with van der Waals surface area (Å²) in [4.78, 5) is 0. The van der Waals surface area contributed by atoms with E-state index in [0.29, 0.717) is 11.3 Å². The first kappa shape index (κ1) is 8.79. The molecule has 0 aliphatic heterocycles. The fourth-order valence-corrected chi connectivity index (χ4v) is 2.06. The van der Waals surface area contributed by atoms with Gasteiger partial charge in [0.25, 0.3) is 0 Å². The molecule has 0 bridgehead atoms. The summed E-state index contributed by atoms with van der Waals surface area (Å²) in [5.74, 6) is 0.394. The van der Waals surface area contributed by atoms with Crippen molar-refractivity contribution in [2.45, 2.75) is 40.2 Å². The minimum absolute atomic E-state index is 0.187. The van der Waals surface area contributed by atoms with Crippen molar-refractivity contribution in [3.63, 3.8) is 0 Å². The number of allylic oxidation sites excluding steroid dienone is 1. The molecule has 1 N–H and O–H groups in total. The molecule has 0 radical (unpaired) electrons. The van der Waals surface area contributed by atoms with Crippen LogP contribution in [0.25, 0.3) is 0 Å². The lowest BCUT2D eigenvalue weighted by Crippen LogP contribution is -2.17. The van der Waals surface area contributed by atoms with Gasteiger partial charge in [0.1, 0.15) is 0 Å². The van der Waals surface area contributed by atoms with Crippen molar-refractivity contribution in [2.75, 3.05) is 0 Å². The van der Waals surface area contributed by atoms with Crippen molar-refractivity contribution in [3.05, 3.63) is 11.6 Å². The van der Waals surface area contributed by atoms with Gasteiger partial charge in [0.2, 0.25) is 0 Å². The molecule has 1 aliphatic carbocycles. The molecule has 11 heavy (non-hydrogen) atoms. The van der Waals surface area contributed by atoms with Crippen LogP contribution in [-0.4, -0.2) is 11.2 Å². The minimum Gasteiger partial charge on any atom is -0.393 e. The van der Waals surface area contributed by atoms with E-state index in [1.807, 2.05) is 6.92 Å². The van der Waals surface area contributed by atoms with Crippen molar-refractivity contribution in [1.82, 2.24) is 0 Å². The largest absolute Gasteiger partial charge is 0.393 e. The molecule has 0 unspecified atom stereocenters. The molecule has 0 aromatic carbocycles. The van der Waals surface area contributed by atoms with Crippen LogP contribution in [0.2, 0.25) is 0 Å².